The molecule has 16 heavy (non-hydrogen) atoms. The lowest BCUT2D eigenvalue weighted by molar-refractivity contribution is 0.0187. The predicted molar refractivity (Wildman–Crippen MR) is 60.2 cm³/mol. The smallest absolute Gasteiger partial charge is 0.124 e. The number of nitrogens with zero attached hydrogens (tertiary/aromatic N) is 1. The lowest BCUT2D eigenvalue weighted by Crippen LogP contribution is -2.08. The number of ether oxygens (including phenoxy) is 3. The summed E-state index contributed by atoms with van der Waals surface area (Å²) >= 11 is 0. The zero-order valence-corrected chi connectivity index (χ0v) is 10.3. The van der Waals surface area contributed by atoms with Crippen molar-refractivity contribution in [1.82, 2.24) is 5.16 Å². The molecule has 0 atom stereocenters. The van der Waals surface area contributed by atoms with Crippen LogP contribution in [-0.2, 0) is 20.8 Å². The maximum atomic E-state index is 5.27. The van der Waals surface area contributed by atoms with Crippen molar-refractivity contribution in [2.45, 2.75) is 20.5 Å². The second-order valence-corrected chi connectivity index (χ2v) is 2.65. The Balaban J connectivity index is 0.00000106. The van der Waals surface area contributed by atoms with Crippen molar-refractivity contribution >= 4 is 0 Å². The predicted octanol–water partition coefficient (Wildman–Crippen LogP) is 1.88. The number of methoxy groups -OCH3 is 1. The van der Waals surface area contributed by atoms with Crippen LogP contribution in [0.5, 0.6) is 0 Å². The monoisotopic (exact) mass is 231 g/mol. The average molecular weight is 231 g/mol. The van der Waals surface area contributed by atoms with Gasteiger partial charge in [0.05, 0.1) is 33.0 Å². The lowest BCUT2D eigenvalue weighted by Gasteiger charge is -2.03. The minimum atomic E-state index is 0.462. The molecule has 0 spiro atoms. The Labute approximate surface area is 96.7 Å². The molecule has 0 saturated heterocycles. The minimum Gasteiger partial charge on any atom is -0.382 e. The Morgan fingerprint density at radius 2 is 1.81 bits per heavy atom. The van der Waals surface area contributed by atoms with Gasteiger partial charge in [-0.3, -0.25) is 0 Å². The molecule has 0 aliphatic carbocycles. The Morgan fingerprint density at radius 3 is 2.44 bits per heavy atom. The van der Waals surface area contributed by atoms with Gasteiger partial charge in [-0.25, -0.2) is 0 Å². The topological polar surface area (TPSA) is 53.7 Å². The molecule has 0 bridgehead atoms. The molecule has 0 unspecified atom stereocenters. The van der Waals surface area contributed by atoms with Gasteiger partial charge in [0.25, 0.3) is 0 Å². The molecule has 0 amide bonds. The summed E-state index contributed by atoms with van der Waals surface area (Å²) < 4.78 is 19.9. The van der Waals surface area contributed by atoms with E-state index in [0.717, 1.165) is 5.69 Å². The fourth-order valence-corrected chi connectivity index (χ4v) is 0.851. The molecular formula is C11H21NO4. The Hall–Kier alpha value is -0.910. The molecule has 0 aliphatic rings. The van der Waals surface area contributed by atoms with Crippen LogP contribution >= 0.6 is 0 Å². The second kappa shape index (κ2) is 12.2. The summed E-state index contributed by atoms with van der Waals surface area (Å²) in [7, 11) is 1.64. The first-order valence-corrected chi connectivity index (χ1v) is 5.47. The van der Waals surface area contributed by atoms with Gasteiger partial charge < -0.3 is 18.7 Å². The van der Waals surface area contributed by atoms with E-state index in [2.05, 4.69) is 9.68 Å². The number of hydrogen-bond donors (Lipinski definition) is 0. The van der Waals surface area contributed by atoms with Crippen LogP contribution in [0, 0.1) is 0 Å². The van der Waals surface area contributed by atoms with E-state index in [-0.39, 0.29) is 0 Å². The molecule has 0 aromatic carbocycles. The van der Waals surface area contributed by atoms with Gasteiger partial charge in [0, 0.05) is 13.2 Å². The zero-order chi connectivity index (χ0) is 12.1. The van der Waals surface area contributed by atoms with Crippen molar-refractivity contribution < 1.29 is 18.7 Å². The summed E-state index contributed by atoms with van der Waals surface area (Å²) in [5.41, 5.74) is 0.793. The molecule has 1 aromatic heterocycles. The van der Waals surface area contributed by atoms with E-state index in [1.165, 1.54) is 6.26 Å². The highest BCUT2D eigenvalue weighted by atomic mass is 16.5. The molecule has 1 rings (SSSR count). The van der Waals surface area contributed by atoms with E-state index >= 15 is 0 Å². The van der Waals surface area contributed by atoms with Gasteiger partial charge in [0.2, 0.25) is 0 Å². The van der Waals surface area contributed by atoms with Gasteiger partial charge in [-0.1, -0.05) is 19.0 Å². The Kier molecular flexibility index (Phi) is 11.5. The average Bonchev–Trinajstić information content (AvgIpc) is 2.84. The summed E-state index contributed by atoms with van der Waals surface area (Å²) in [4.78, 5) is 0. The van der Waals surface area contributed by atoms with Crippen LogP contribution in [0.3, 0.4) is 0 Å². The molecule has 1 heterocycles. The SMILES string of the molecule is CC.COCCOCCOCc1ccon1. The summed E-state index contributed by atoms with van der Waals surface area (Å²) in [6, 6.07) is 1.77. The largest absolute Gasteiger partial charge is 0.382 e. The third kappa shape index (κ3) is 8.40. The van der Waals surface area contributed by atoms with Crippen LogP contribution in [0.1, 0.15) is 19.5 Å². The van der Waals surface area contributed by atoms with E-state index in [4.69, 9.17) is 14.2 Å². The van der Waals surface area contributed by atoms with Crippen LogP contribution < -0.4 is 0 Å². The fraction of sp³-hybridized carbons (Fsp3) is 0.727. The van der Waals surface area contributed by atoms with Crippen LogP contribution in [0.4, 0.5) is 0 Å². The van der Waals surface area contributed by atoms with Crippen molar-refractivity contribution in [3.05, 3.63) is 18.0 Å². The Morgan fingerprint density at radius 1 is 1.12 bits per heavy atom. The van der Waals surface area contributed by atoms with E-state index in [1.54, 1.807) is 13.2 Å². The van der Waals surface area contributed by atoms with Crippen molar-refractivity contribution in [2.75, 3.05) is 33.5 Å². The Bertz CT molecular complexity index is 214. The summed E-state index contributed by atoms with van der Waals surface area (Å²) in [6.07, 6.45) is 1.52. The number of hydrogen-bond acceptors (Lipinski definition) is 5. The molecule has 0 aliphatic heterocycles. The quantitative estimate of drug-likeness (QED) is 0.639. The standard InChI is InChI=1S/C9H15NO4.C2H6/c1-11-4-5-12-6-7-13-8-9-2-3-14-10-9;1-2/h2-3H,4-8H2,1H3;1-2H3. The zero-order valence-electron chi connectivity index (χ0n) is 10.3. The van der Waals surface area contributed by atoms with Gasteiger partial charge in [0.15, 0.2) is 0 Å². The van der Waals surface area contributed by atoms with Crippen LogP contribution in [0.25, 0.3) is 0 Å². The molecule has 94 valence electrons. The first-order chi connectivity index (χ1) is 7.93. The van der Waals surface area contributed by atoms with Crippen molar-refractivity contribution in [3.63, 3.8) is 0 Å². The third-order valence-electron chi connectivity index (χ3n) is 1.54. The fourth-order valence-electron chi connectivity index (χ4n) is 0.851. The van der Waals surface area contributed by atoms with Gasteiger partial charge in [-0.2, -0.15) is 0 Å². The molecule has 0 N–H and O–H groups in total. The highest BCUT2D eigenvalue weighted by molar-refractivity contribution is 4.92. The molecule has 1 aromatic rings. The molecular weight excluding hydrogens is 210 g/mol. The van der Waals surface area contributed by atoms with Crippen LogP contribution in [0.2, 0.25) is 0 Å². The first-order valence-electron chi connectivity index (χ1n) is 5.47. The molecule has 0 saturated carbocycles. The number of rotatable bonds is 8. The summed E-state index contributed by atoms with van der Waals surface area (Å²) in [6.45, 7) is 6.80. The van der Waals surface area contributed by atoms with Crippen LogP contribution in [-0.4, -0.2) is 38.7 Å². The van der Waals surface area contributed by atoms with Crippen LogP contribution in [0.15, 0.2) is 16.9 Å². The highest BCUT2D eigenvalue weighted by Crippen LogP contribution is 1.96. The van der Waals surface area contributed by atoms with Crippen molar-refractivity contribution in [2.24, 2.45) is 0 Å². The first kappa shape index (κ1) is 15.1. The molecule has 0 fully saturated rings. The van der Waals surface area contributed by atoms with Gasteiger partial charge in [-0.05, 0) is 0 Å². The summed E-state index contributed by atoms with van der Waals surface area (Å²) in [5, 5.41) is 3.70. The van der Waals surface area contributed by atoms with E-state index in [1.807, 2.05) is 13.8 Å². The maximum absolute atomic E-state index is 5.27. The van der Waals surface area contributed by atoms with E-state index in [9.17, 15) is 0 Å². The molecule has 0 radical (unpaired) electrons. The van der Waals surface area contributed by atoms with E-state index in [0.29, 0.717) is 33.0 Å². The van der Waals surface area contributed by atoms with Gasteiger partial charge in [-0.15, -0.1) is 0 Å². The second-order valence-electron chi connectivity index (χ2n) is 2.65. The van der Waals surface area contributed by atoms with Crippen molar-refractivity contribution in [3.8, 4) is 0 Å². The van der Waals surface area contributed by atoms with E-state index < -0.39 is 0 Å². The summed E-state index contributed by atoms with van der Waals surface area (Å²) in [5.74, 6) is 0. The minimum absolute atomic E-state index is 0.462. The third-order valence-corrected chi connectivity index (χ3v) is 1.54. The van der Waals surface area contributed by atoms with Gasteiger partial charge >= 0.3 is 0 Å². The maximum Gasteiger partial charge on any atom is 0.124 e. The van der Waals surface area contributed by atoms with Crippen molar-refractivity contribution in [1.29, 1.82) is 0 Å². The van der Waals surface area contributed by atoms with Gasteiger partial charge in [0.1, 0.15) is 12.0 Å². The normalized spacial score (nSPS) is 9.69. The lowest BCUT2D eigenvalue weighted by atomic mass is 10.5. The molecule has 5 nitrogen and oxygen atoms in total. The molecule has 5 heteroatoms. The number of aromatic nitrogens is 1. The highest BCUT2D eigenvalue weighted by Gasteiger charge is 1.95.